The van der Waals surface area contributed by atoms with Crippen molar-refractivity contribution in [2.45, 2.75) is 98.6 Å². The van der Waals surface area contributed by atoms with E-state index in [2.05, 4.69) is 0 Å². The highest BCUT2D eigenvalue weighted by atomic mass is 35.6. The fourth-order valence-electron chi connectivity index (χ4n) is 8.45. The fraction of sp³-hybridized carbons (Fsp3) is 0.346. The fourth-order valence-corrected chi connectivity index (χ4v) is 8.58. The van der Waals surface area contributed by atoms with Gasteiger partial charge in [-0.3, -0.25) is 24.7 Å². The van der Waals surface area contributed by atoms with E-state index in [4.69, 9.17) is 82.8 Å². The Bertz CT molecular complexity index is 2500. The van der Waals surface area contributed by atoms with Crippen molar-refractivity contribution >= 4 is 58.5 Å². The molecule has 8 rings (SSSR count). The van der Waals surface area contributed by atoms with Crippen LogP contribution in [0.1, 0.15) is 49.9 Å². The molecule has 3 aliphatic heterocycles. The maximum absolute atomic E-state index is 17.1. The maximum atomic E-state index is 17.1. The molecule has 14 nitrogen and oxygen atoms in total. The first-order chi connectivity index (χ1) is 33.9. The standard InChI is InChI=1S/C52H50Cl3FN2O12/c1-32(59)66-46-44(64-28-35-20-10-4-11-21-35)41(56)39(30-62-26-33-16-6-2-7-17-33)67-50(46)69-43-40(31-63-27-34-18-8-3-9-19-34)68-49(70-51(57)52(53,54)55)42(45(43)65-29-36-22-12-5-13-23-36)58-47(60)37-24-14-15-25-38(37)48(58)61/h2-25,39-46,49-50,57H,26-31H2,1H3/t39-,40-,41+,42-,43-,44+,45-,46-,49+,50+/m1/s1. The summed E-state index contributed by atoms with van der Waals surface area (Å²) in [5, 5.41) is 8.69. The summed E-state index contributed by atoms with van der Waals surface area (Å²) in [5.74, 6) is -3.19. The van der Waals surface area contributed by atoms with E-state index in [1.54, 1.807) is 60.7 Å². The van der Waals surface area contributed by atoms with Gasteiger partial charge in [-0.1, -0.05) is 168 Å². The molecule has 3 aliphatic rings. The van der Waals surface area contributed by atoms with Crippen molar-refractivity contribution in [3.63, 3.8) is 0 Å². The highest BCUT2D eigenvalue weighted by molar-refractivity contribution is 6.76. The van der Waals surface area contributed by atoms with Crippen LogP contribution in [0.4, 0.5) is 4.39 Å². The molecule has 368 valence electrons. The third-order valence-electron chi connectivity index (χ3n) is 11.8. The number of amides is 2. The van der Waals surface area contributed by atoms with Gasteiger partial charge in [0.25, 0.3) is 15.6 Å². The third-order valence-corrected chi connectivity index (χ3v) is 12.3. The van der Waals surface area contributed by atoms with Gasteiger partial charge < -0.3 is 42.6 Å². The first-order valence-corrected chi connectivity index (χ1v) is 23.6. The number of fused-ring (bicyclic) bond motifs is 1. The van der Waals surface area contributed by atoms with E-state index in [-0.39, 0.29) is 50.8 Å². The number of carbonyl (C=O) groups excluding carboxylic acids is 3. The number of hydrogen-bond acceptors (Lipinski definition) is 13. The number of esters is 1. The lowest BCUT2D eigenvalue weighted by Crippen LogP contribution is -2.69. The second-order valence-electron chi connectivity index (χ2n) is 16.7. The second kappa shape index (κ2) is 23.7. The van der Waals surface area contributed by atoms with Gasteiger partial charge >= 0.3 is 5.97 Å². The number of imide groups is 1. The molecule has 0 radical (unpaired) electrons. The van der Waals surface area contributed by atoms with Crippen LogP contribution in [0, 0.1) is 5.41 Å². The van der Waals surface area contributed by atoms with Gasteiger partial charge in [0.15, 0.2) is 18.6 Å². The van der Waals surface area contributed by atoms with Crippen LogP contribution in [-0.4, -0.2) is 107 Å². The number of carbonyl (C=O) groups is 3. The third kappa shape index (κ3) is 12.6. The molecule has 0 saturated carbocycles. The Balaban J connectivity index is 1.22. The number of ether oxygens (including phenoxy) is 9. The first-order valence-electron chi connectivity index (χ1n) is 22.5. The number of halogens is 4. The van der Waals surface area contributed by atoms with E-state index in [1.165, 1.54) is 12.1 Å². The Kier molecular flexibility index (Phi) is 17.3. The van der Waals surface area contributed by atoms with E-state index in [1.807, 2.05) is 72.8 Å². The molecular formula is C52H50Cl3FN2O12. The molecule has 0 aromatic heterocycles. The van der Waals surface area contributed by atoms with Gasteiger partial charge in [0.05, 0.1) is 50.8 Å². The molecule has 70 heavy (non-hydrogen) atoms. The Labute approximate surface area is 419 Å². The normalized spacial score (nSPS) is 25.6. The molecule has 0 bridgehead atoms. The number of benzene rings is 5. The van der Waals surface area contributed by atoms with E-state index in [9.17, 15) is 14.4 Å². The predicted molar refractivity (Wildman–Crippen MR) is 255 cm³/mol. The van der Waals surface area contributed by atoms with Gasteiger partial charge in [0.1, 0.15) is 36.6 Å². The van der Waals surface area contributed by atoms with Crippen LogP contribution < -0.4 is 0 Å². The summed E-state index contributed by atoms with van der Waals surface area (Å²) in [4.78, 5) is 43.0. The zero-order chi connectivity index (χ0) is 49.2. The lowest BCUT2D eigenvalue weighted by Gasteiger charge is -2.50. The van der Waals surface area contributed by atoms with Crippen molar-refractivity contribution in [2.75, 3.05) is 13.2 Å². The lowest BCUT2D eigenvalue weighted by molar-refractivity contribution is -0.351. The van der Waals surface area contributed by atoms with Crippen LogP contribution in [-0.2, 0) is 73.9 Å². The van der Waals surface area contributed by atoms with E-state index in [0.717, 1.165) is 23.0 Å². The summed E-state index contributed by atoms with van der Waals surface area (Å²) < 4.78 is 72.1. The molecular weight excluding hydrogens is 970 g/mol. The van der Waals surface area contributed by atoms with Crippen molar-refractivity contribution in [3.8, 4) is 0 Å². The van der Waals surface area contributed by atoms with Crippen LogP contribution in [0.3, 0.4) is 0 Å². The van der Waals surface area contributed by atoms with Gasteiger partial charge in [0.2, 0.25) is 12.2 Å². The molecule has 10 atom stereocenters. The Hall–Kier alpha value is -5.30. The Morgan fingerprint density at radius 2 is 1.01 bits per heavy atom. The number of hydrogen-bond donors (Lipinski definition) is 1. The van der Waals surface area contributed by atoms with Crippen LogP contribution in [0.15, 0.2) is 146 Å². The monoisotopic (exact) mass is 1020 g/mol. The van der Waals surface area contributed by atoms with Crippen LogP contribution >= 0.6 is 34.8 Å². The summed E-state index contributed by atoms with van der Waals surface area (Å²) in [6, 6.07) is 41.2. The number of nitrogens with one attached hydrogen (secondary N) is 1. The van der Waals surface area contributed by atoms with E-state index >= 15 is 4.39 Å². The molecule has 1 N–H and O–H groups in total. The SMILES string of the molecule is CC(=O)O[C@H]1[C@H](O[C@H]2[C@H](OCc3ccccc3)[C@@H](N3C(=O)c4ccccc4C3=O)[C@H](OC(=N)C(Cl)(Cl)Cl)O[C@@H]2COCc2ccccc2)O[C@H](COCc2ccccc2)[C@H](F)[C@@H]1OCc1ccccc1. The summed E-state index contributed by atoms with van der Waals surface area (Å²) in [7, 11) is 0. The molecule has 5 aromatic rings. The largest absolute Gasteiger partial charge is 0.454 e. The molecule has 18 heteroatoms. The minimum Gasteiger partial charge on any atom is -0.454 e. The van der Waals surface area contributed by atoms with E-state index < -0.39 is 88.9 Å². The van der Waals surface area contributed by atoms with Crippen molar-refractivity contribution in [2.24, 2.45) is 0 Å². The minimum atomic E-state index is -2.43. The quantitative estimate of drug-likeness (QED) is 0.0276. The van der Waals surface area contributed by atoms with Crippen molar-refractivity contribution in [1.29, 1.82) is 5.41 Å². The van der Waals surface area contributed by atoms with Gasteiger partial charge in [0, 0.05) is 6.92 Å². The molecule has 0 spiro atoms. The molecule has 2 saturated heterocycles. The summed E-state index contributed by atoms with van der Waals surface area (Å²) >= 11 is 18.5. The van der Waals surface area contributed by atoms with Gasteiger partial charge in [-0.2, -0.15) is 0 Å². The summed E-state index contributed by atoms with van der Waals surface area (Å²) in [6.45, 7) is 0.547. The van der Waals surface area contributed by atoms with Crippen LogP contribution in [0.2, 0.25) is 0 Å². The molecule has 0 aliphatic carbocycles. The molecule has 0 unspecified atom stereocenters. The summed E-state index contributed by atoms with van der Waals surface area (Å²) in [5.41, 5.74) is 3.16. The maximum Gasteiger partial charge on any atom is 0.303 e. The van der Waals surface area contributed by atoms with Gasteiger partial charge in [-0.15, -0.1) is 0 Å². The molecule has 2 fully saturated rings. The molecule has 5 aromatic carbocycles. The Morgan fingerprint density at radius 3 is 1.49 bits per heavy atom. The lowest BCUT2D eigenvalue weighted by atomic mass is 9.94. The highest BCUT2D eigenvalue weighted by Gasteiger charge is 2.59. The van der Waals surface area contributed by atoms with Crippen LogP contribution in [0.5, 0.6) is 0 Å². The predicted octanol–water partition coefficient (Wildman–Crippen LogP) is 8.72. The van der Waals surface area contributed by atoms with Crippen molar-refractivity contribution in [1.82, 2.24) is 4.90 Å². The molecule has 2 amide bonds. The van der Waals surface area contributed by atoms with Gasteiger partial charge in [-0.05, 0) is 34.4 Å². The molecule has 3 heterocycles. The minimum absolute atomic E-state index is 0.0755. The number of alkyl halides is 4. The van der Waals surface area contributed by atoms with Crippen LogP contribution in [0.25, 0.3) is 0 Å². The second-order valence-corrected chi connectivity index (χ2v) is 19.0. The van der Waals surface area contributed by atoms with Crippen molar-refractivity contribution in [3.05, 3.63) is 179 Å². The highest BCUT2D eigenvalue weighted by Crippen LogP contribution is 2.40. The topological polar surface area (TPSA) is 161 Å². The average molecular weight is 1020 g/mol. The van der Waals surface area contributed by atoms with Crippen molar-refractivity contribution < 1.29 is 61.4 Å². The zero-order valence-corrected chi connectivity index (χ0v) is 40.0. The van der Waals surface area contributed by atoms with E-state index in [0.29, 0.717) is 11.1 Å². The number of rotatable bonds is 19. The average Bonchev–Trinajstić information content (AvgIpc) is 3.61. The smallest absolute Gasteiger partial charge is 0.303 e. The number of nitrogens with zero attached hydrogens (tertiary/aromatic N) is 1. The summed E-state index contributed by atoms with van der Waals surface area (Å²) in [6.07, 6.45) is -14.0. The first kappa shape index (κ1) is 51.1. The zero-order valence-electron chi connectivity index (χ0n) is 37.7. The van der Waals surface area contributed by atoms with Gasteiger partial charge in [-0.25, -0.2) is 4.39 Å². The Morgan fingerprint density at radius 1 is 0.586 bits per heavy atom.